The molecule has 1 heterocycles. The van der Waals surface area contributed by atoms with Crippen LogP contribution in [-0.2, 0) is 32.7 Å². The molecule has 0 aliphatic heterocycles. The molecule has 2 N–H and O–H groups in total. The summed E-state index contributed by atoms with van der Waals surface area (Å²) in [6, 6.07) is 10.8. The van der Waals surface area contributed by atoms with Gasteiger partial charge in [0.2, 0.25) is 0 Å². The standard InChI is InChI=1S/C16H14N3O2.Y/c1-10-3-5-12(6-4-10)19-9-17-18-16(19)13-7-11(2)14(20)8-15(13)21;/h3-8,20-21H,1-2H3;/q-1;. The number of benzene rings is 2. The molecule has 2 aromatic carbocycles. The van der Waals surface area contributed by atoms with Crippen LogP contribution in [0, 0.1) is 20.2 Å². The maximum Gasteiger partial charge on any atom is 0.122 e. The van der Waals surface area contributed by atoms with Gasteiger partial charge in [-0.3, -0.25) is 0 Å². The molecule has 3 aromatic rings. The number of hydrogen-bond donors (Lipinski definition) is 2. The van der Waals surface area contributed by atoms with E-state index in [0.29, 0.717) is 17.0 Å². The van der Waals surface area contributed by atoms with Crippen LogP contribution in [0.4, 0.5) is 0 Å². The van der Waals surface area contributed by atoms with Crippen molar-refractivity contribution in [2.24, 2.45) is 0 Å². The molecule has 0 saturated heterocycles. The van der Waals surface area contributed by atoms with E-state index >= 15 is 0 Å². The van der Waals surface area contributed by atoms with Crippen molar-refractivity contribution in [3.05, 3.63) is 53.9 Å². The van der Waals surface area contributed by atoms with Crippen molar-refractivity contribution in [2.75, 3.05) is 0 Å². The van der Waals surface area contributed by atoms with Crippen LogP contribution in [0.3, 0.4) is 0 Å². The summed E-state index contributed by atoms with van der Waals surface area (Å²) in [5, 5.41) is 27.5. The number of aryl methyl sites for hydroxylation is 2. The van der Waals surface area contributed by atoms with Crippen molar-refractivity contribution in [3.8, 4) is 28.6 Å². The molecule has 0 aliphatic rings. The van der Waals surface area contributed by atoms with Crippen LogP contribution in [-0.4, -0.2) is 25.0 Å². The molecule has 0 fully saturated rings. The van der Waals surface area contributed by atoms with Gasteiger partial charge in [0.15, 0.2) is 0 Å². The van der Waals surface area contributed by atoms with Gasteiger partial charge in [0.25, 0.3) is 0 Å². The summed E-state index contributed by atoms with van der Waals surface area (Å²) < 4.78 is 1.67. The first-order valence-corrected chi connectivity index (χ1v) is 6.49. The maximum atomic E-state index is 10.0. The number of rotatable bonds is 2. The van der Waals surface area contributed by atoms with E-state index in [2.05, 4.69) is 16.5 Å². The monoisotopic (exact) mass is 369 g/mol. The van der Waals surface area contributed by atoms with Crippen molar-refractivity contribution in [3.63, 3.8) is 0 Å². The van der Waals surface area contributed by atoms with E-state index < -0.39 is 0 Å². The molecule has 109 valence electrons. The Balaban J connectivity index is 0.00000176. The Labute approximate surface area is 153 Å². The average Bonchev–Trinajstić information content (AvgIpc) is 2.93. The van der Waals surface area contributed by atoms with Crippen LogP contribution < -0.4 is 0 Å². The summed E-state index contributed by atoms with van der Waals surface area (Å²) in [4.78, 5) is 0. The van der Waals surface area contributed by atoms with Crippen LogP contribution in [0.2, 0.25) is 0 Å². The normalized spacial score (nSPS) is 10.3. The fourth-order valence-corrected chi connectivity index (χ4v) is 2.12. The second kappa shape index (κ2) is 6.59. The predicted octanol–water partition coefficient (Wildman–Crippen LogP) is 2.76. The number of hydrogen-bond acceptors (Lipinski definition) is 4. The SMILES string of the molecule is Cc1ccc(-n2[c-]nnc2-c2cc(C)c(O)cc2O)cc1.[Y]. The number of aromatic nitrogens is 3. The van der Waals surface area contributed by atoms with Crippen molar-refractivity contribution >= 4 is 0 Å². The first-order valence-electron chi connectivity index (χ1n) is 6.49. The zero-order chi connectivity index (χ0) is 15.0. The van der Waals surface area contributed by atoms with Crippen LogP contribution in [0.25, 0.3) is 17.1 Å². The third-order valence-electron chi connectivity index (χ3n) is 3.35. The van der Waals surface area contributed by atoms with Gasteiger partial charge in [-0.25, -0.2) is 10.2 Å². The van der Waals surface area contributed by atoms with Crippen molar-refractivity contribution < 1.29 is 42.9 Å². The average molecular weight is 369 g/mol. The molecule has 3 rings (SSSR count). The molecule has 0 aliphatic carbocycles. The molecule has 6 heteroatoms. The Morgan fingerprint density at radius 2 is 1.68 bits per heavy atom. The summed E-state index contributed by atoms with van der Waals surface area (Å²) in [6.45, 7) is 3.77. The quantitative estimate of drug-likeness (QED) is 0.682. The van der Waals surface area contributed by atoms with Gasteiger partial charge in [0.05, 0.1) is 5.82 Å². The molecule has 0 bridgehead atoms. The predicted molar refractivity (Wildman–Crippen MR) is 78.4 cm³/mol. The van der Waals surface area contributed by atoms with Crippen LogP contribution >= 0.6 is 0 Å². The van der Waals surface area contributed by atoms with Gasteiger partial charge in [0.1, 0.15) is 11.5 Å². The molecule has 0 unspecified atom stereocenters. The van der Waals surface area contributed by atoms with Crippen molar-refractivity contribution in [1.29, 1.82) is 0 Å². The molecule has 0 atom stereocenters. The van der Waals surface area contributed by atoms with E-state index in [9.17, 15) is 10.2 Å². The minimum atomic E-state index is -0.0483. The molecule has 1 radical (unpaired) electrons. The Bertz CT molecular complexity index is 798. The molecule has 0 spiro atoms. The summed E-state index contributed by atoms with van der Waals surface area (Å²) in [6.07, 6.45) is 2.78. The first kappa shape index (κ1) is 16.7. The van der Waals surface area contributed by atoms with Gasteiger partial charge < -0.3 is 14.8 Å². The van der Waals surface area contributed by atoms with Crippen LogP contribution in [0.5, 0.6) is 11.5 Å². The minimum absolute atomic E-state index is 0. The molecule has 0 saturated carbocycles. The van der Waals surface area contributed by atoms with E-state index in [1.165, 1.54) is 6.07 Å². The number of aromatic hydroxyl groups is 2. The smallest absolute Gasteiger partial charge is 0.122 e. The number of phenolic OH excluding ortho intramolecular Hbond substituents is 2. The third kappa shape index (κ3) is 3.05. The Hall–Kier alpha value is -1.72. The zero-order valence-corrected chi connectivity index (χ0v) is 15.1. The molecule has 5 nitrogen and oxygen atoms in total. The zero-order valence-electron chi connectivity index (χ0n) is 12.3. The Morgan fingerprint density at radius 1 is 1.00 bits per heavy atom. The molecule has 1 aromatic heterocycles. The summed E-state index contributed by atoms with van der Waals surface area (Å²) in [5.41, 5.74) is 3.16. The molecule has 22 heavy (non-hydrogen) atoms. The second-order valence-corrected chi connectivity index (χ2v) is 4.95. The van der Waals surface area contributed by atoms with E-state index in [0.717, 1.165) is 11.3 Å². The Morgan fingerprint density at radius 3 is 2.36 bits per heavy atom. The first-order chi connectivity index (χ1) is 10.1. The Kier molecular flexibility index (Phi) is 4.99. The number of phenols is 2. The van der Waals surface area contributed by atoms with Gasteiger partial charge in [-0.2, -0.15) is 0 Å². The second-order valence-electron chi connectivity index (χ2n) is 4.95. The van der Waals surface area contributed by atoms with E-state index in [4.69, 9.17) is 0 Å². The largest absolute Gasteiger partial charge is 0.508 e. The fraction of sp³-hybridized carbons (Fsp3) is 0.125. The van der Waals surface area contributed by atoms with Gasteiger partial charge in [-0.15, -0.1) is 0 Å². The van der Waals surface area contributed by atoms with E-state index in [-0.39, 0.29) is 44.2 Å². The van der Waals surface area contributed by atoms with Crippen molar-refractivity contribution in [2.45, 2.75) is 13.8 Å². The van der Waals surface area contributed by atoms with Gasteiger partial charge in [0, 0.05) is 50.7 Å². The molecular formula is C16H14N3O2Y-. The van der Waals surface area contributed by atoms with E-state index in [1.54, 1.807) is 17.6 Å². The summed E-state index contributed by atoms with van der Waals surface area (Å²) in [7, 11) is 0. The van der Waals surface area contributed by atoms with E-state index in [1.807, 2.05) is 31.2 Å². The summed E-state index contributed by atoms with van der Waals surface area (Å²) >= 11 is 0. The van der Waals surface area contributed by atoms with Crippen LogP contribution in [0.15, 0.2) is 36.4 Å². The fourth-order valence-electron chi connectivity index (χ4n) is 2.12. The van der Waals surface area contributed by atoms with Crippen LogP contribution in [0.1, 0.15) is 11.1 Å². The van der Waals surface area contributed by atoms with Gasteiger partial charge >= 0.3 is 0 Å². The summed E-state index contributed by atoms with van der Waals surface area (Å²) in [5.74, 6) is 0.467. The minimum Gasteiger partial charge on any atom is -0.508 e. The number of nitrogens with zero attached hydrogens (tertiary/aromatic N) is 3. The van der Waals surface area contributed by atoms with Gasteiger partial charge in [-0.1, -0.05) is 41.6 Å². The van der Waals surface area contributed by atoms with Gasteiger partial charge in [-0.05, 0) is 19.4 Å². The van der Waals surface area contributed by atoms with Crippen molar-refractivity contribution in [1.82, 2.24) is 14.8 Å². The maximum absolute atomic E-state index is 10.0. The topological polar surface area (TPSA) is 71.2 Å². The third-order valence-corrected chi connectivity index (χ3v) is 3.35. The molecule has 0 amide bonds. The molecular weight excluding hydrogens is 355 g/mol.